The van der Waals surface area contributed by atoms with E-state index in [1.807, 2.05) is 67.3 Å². The first kappa shape index (κ1) is 23.6. The molecule has 1 aliphatic rings. The van der Waals surface area contributed by atoms with Gasteiger partial charge in [-0.1, -0.05) is 42.5 Å². The summed E-state index contributed by atoms with van der Waals surface area (Å²) in [6, 6.07) is 15.6. The average Bonchev–Trinajstić information content (AvgIpc) is 3.32. The van der Waals surface area contributed by atoms with E-state index in [-0.39, 0.29) is 11.8 Å². The molecule has 1 saturated heterocycles. The molecular formula is C25H31N7O2. The summed E-state index contributed by atoms with van der Waals surface area (Å²) in [7, 11) is 0. The molecule has 1 aromatic heterocycles. The molecule has 9 nitrogen and oxygen atoms in total. The van der Waals surface area contributed by atoms with Crippen molar-refractivity contribution in [2.75, 3.05) is 38.0 Å². The monoisotopic (exact) mass is 461 g/mol. The minimum Gasteiger partial charge on any atom is -0.340 e. The van der Waals surface area contributed by atoms with Crippen LogP contribution in [0.25, 0.3) is 11.4 Å². The zero-order valence-electron chi connectivity index (χ0n) is 19.8. The molecule has 0 spiro atoms. The predicted molar refractivity (Wildman–Crippen MR) is 130 cm³/mol. The van der Waals surface area contributed by atoms with Crippen LogP contribution in [0.4, 0.5) is 5.69 Å². The van der Waals surface area contributed by atoms with Crippen molar-refractivity contribution < 1.29 is 9.59 Å². The SMILES string of the molecule is Cc1cccc(NC(=O)CN2CCN(C(=O)CCCn3nnc(-c4ccccc4)n3)CC2)c1C. The molecule has 178 valence electrons. The Kier molecular flexibility index (Phi) is 7.64. The van der Waals surface area contributed by atoms with Crippen molar-refractivity contribution >= 4 is 17.5 Å². The molecule has 0 bridgehead atoms. The van der Waals surface area contributed by atoms with E-state index in [0.717, 1.165) is 22.4 Å². The van der Waals surface area contributed by atoms with Crippen LogP contribution in [0.1, 0.15) is 24.0 Å². The number of nitrogens with zero attached hydrogens (tertiary/aromatic N) is 6. The number of piperazine rings is 1. The summed E-state index contributed by atoms with van der Waals surface area (Å²) < 4.78 is 0. The molecule has 1 N–H and O–H groups in total. The highest BCUT2D eigenvalue weighted by molar-refractivity contribution is 5.93. The normalized spacial score (nSPS) is 14.2. The fraction of sp³-hybridized carbons (Fsp3) is 0.400. The first-order chi connectivity index (χ1) is 16.5. The summed E-state index contributed by atoms with van der Waals surface area (Å²) in [6.07, 6.45) is 1.09. The van der Waals surface area contributed by atoms with E-state index >= 15 is 0 Å². The van der Waals surface area contributed by atoms with E-state index in [9.17, 15) is 9.59 Å². The Morgan fingerprint density at radius 3 is 2.50 bits per heavy atom. The minimum absolute atomic E-state index is 0.0244. The molecule has 2 aromatic carbocycles. The van der Waals surface area contributed by atoms with Gasteiger partial charge in [0.15, 0.2) is 0 Å². The second-order valence-corrected chi connectivity index (χ2v) is 8.63. The summed E-state index contributed by atoms with van der Waals surface area (Å²) in [4.78, 5) is 30.6. The lowest BCUT2D eigenvalue weighted by Gasteiger charge is -2.34. The highest BCUT2D eigenvalue weighted by Gasteiger charge is 2.22. The Morgan fingerprint density at radius 2 is 1.74 bits per heavy atom. The quantitative estimate of drug-likeness (QED) is 0.554. The third kappa shape index (κ3) is 6.05. The molecule has 4 rings (SSSR count). The van der Waals surface area contributed by atoms with Gasteiger partial charge in [-0.3, -0.25) is 14.5 Å². The maximum absolute atomic E-state index is 12.6. The van der Waals surface area contributed by atoms with Gasteiger partial charge in [-0.05, 0) is 42.7 Å². The van der Waals surface area contributed by atoms with Gasteiger partial charge < -0.3 is 10.2 Å². The summed E-state index contributed by atoms with van der Waals surface area (Å²) in [5.74, 6) is 0.691. The van der Waals surface area contributed by atoms with Crippen LogP contribution >= 0.6 is 0 Å². The largest absolute Gasteiger partial charge is 0.340 e. The van der Waals surface area contributed by atoms with Crippen molar-refractivity contribution in [2.24, 2.45) is 0 Å². The van der Waals surface area contributed by atoms with Gasteiger partial charge in [-0.15, -0.1) is 10.2 Å². The van der Waals surface area contributed by atoms with Gasteiger partial charge in [-0.2, -0.15) is 4.80 Å². The molecule has 34 heavy (non-hydrogen) atoms. The van der Waals surface area contributed by atoms with Crippen molar-refractivity contribution in [3.63, 3.8) is 0 Å². The lowest BCUT2D eigenvalue weighted by atomic mass is 10.1. The van der Waals surface area contributed by atoms with Crippen molar-refractivity contribution in [1.82, 2.24) is 30.0 Å². The first-order valence-corrected chi connectivity index (χ1v) is 11.7. The zero-order chi connectivity index (χ0) is 23.9. The summed E-state index contributed by atoms with van der Waals surface area (Å²) >= 11 is 0. The van der Waals surface area contributed by atoms with Crippen LogP contribution in [-0.4, -0.2) is 74.5 Å². The van der Waals surface area contributed by atoms with Crippen LogP contribution in [0.3, 0.4) is 0 Å². The number of hydrogen-bond acceptors (Lipinski definition) is 6. The molecule has 1 aliphatic heterocycles. The molecule has 0 unspecified atom stereocenters. The fourth-order valence-electron chi connectivity index (χ4n) is 4.01. The fourth-order valence-corrected chi connectivity index (χ4v) is 4.01. The average molecular weight is 462 g/mol. The second-order valence-electron chi connectivity index (χ2n) is 8.63. The molecular weight excluding hydrogens is 430 g/mol. The Bertz CT molecular complexity index is 1120. The van der Waals surface area contributed by atoms with E-state index < -0.39 is 0 Å². The standard InChI is InChI=1S/C25H31N7O2/c1-19-8-6-11-22(20(19)2)26-23(33)18-30-14-16-31(17-15-30)24(34)12-7-13-32-28-25(27-29-32)21-9-4-3-5-10-21/h3-6,8-11H,7,12-18H2,1-2H3,(H,26,33). The Morgan fingerprint density at radius 1 is 0.971 bits per heavy atom. The number of carbonyl (C=O) groups is 2. The number of aromatic nitrogens is 4. The van der Waals surface area contributed by atoms with Gasteiger partial charge in [0, 0.05) is 43.9 Å². The Balaban J connectivity index is 1.16. The number of rotatable bonds is 8. The third-order valence-corrected chi connectivity index (χ3v) is 6.20. The maximum Gasteiger partial charge on any atom is 0.238 e. The molecule has 3 aromatic rings. The molecule has 2 amide bonds. The van der Waals surface area contributed by atoms with Crippen molar-refractivity contribution in [3.8, 4) is 11.4 Å². The number of carbonyl (C=O) groups excluding carboxylic acids is 2. The predicted octanol–water partition coefficient (Wildman–Crippen LogP) is 2.52. The van der Waals surface area contributed by atoms with Crippen LogP contribution in [0, 0.1) is 13.8 Å². The maximum atomic E-state index is 12.6. The molecule has 1 fully saturated rings. The smallest absolute Gasteiger partial charge is 0.238 e. The van der Waals surface area contributed by atoms with Crippen LogP contribution in [0.15, 0.2) is 48.5 Å². The van der Waals surface area contributed by atoms with Crippen molar-refractivity contribution in [3.05, 3.63) is 59.7 Å². The van der Waals surface area contributed by atoms with Crippen LogP contribution in [-0.2, 0) is 16.1 Å². The zero-order valence-corrected chi connectivity index (χ0v) is 19.8. The molecule has 9 heteroatoms. The summed E-state index contributed by atoms with van der Waals surface area (Å²) in [5, 5.41) is 15.6. The molecule has 0 radical (unpaired) electrons. The highest BCUT2D eigenvalue weighted by atomic mass is 16.2. The number of amides is 2. The van der Waals surface area contributed by atoms with Crippen LogP contribution < -0.4 is 5.32 Å². The van der Waals surface area contributed by atoms with Gasteiger partial charge >= 0.3 is 0 Å². The lowest BCUT2D eigenvalue weighted by molar-refractivity contribution is -0.133. The van der Waals surface area contributed by atoms with Gasteiger partial charge in [0.2, 0.25) is 17.6 Å². The first-order valence-electron chi connectivity index (χ1n) is 11.7. The van der Waals surface area contributed by atoms with E-state index in [1.54, 1.807) is 4.80 Å². The Hall–Kier alpha value is -3.59. The van der Waals surface area contributed by atoms with Crippen LogP contribution in [0.5, 0.6) is 0 Å². The highest BCUT2D eigenvalue weighted by Crippen LogP contribution is 2.18. The topological polar surface area (TPSA) is 96.2 Å². The van der Waals surface area contributed by atoms with Crippen LogP contribution in [0.2, 0.25) is 0 Å². The molecule has 0 aliphatic carbocycles. The van der Waals surface area contributed by atoms with Gasteiger partial charge in [0.1, 0.15) is 0 Å². The lowest BCUT2D eigenvalue weighted by Crippen LogP contribution is -2.50. The van der Waals surface area contributed by atoms with Gasteiger partial charge in [-0.25, -0.2) is 0 Å². The number of benzene rings is 2. The van der Waals surface area contributed by atoms with E-state index in [2.05, 4.69) is 25.6 Å². The van der Waals surface area contributed by atoms with Crippen molar-refractivity contribution in [1.29, 1.82) is 0 Å². The van der Waals surface area contributed by atoms with E-state index in [4.69, 9.17) is 0 Å². The van der Waals surface area contributed by atoms with E-state index in [0.29, 0.717) is 57.9 Å². The van der Waals surface area contributed by atoms with Gasteiger partial charge in [0.25, 0.3) is 0 Å². The molecule has 2 heterocycles. The van der Waals surface area contributed by atoms with Gasteiger partial charge in [0.05, 0.1) is 13.1 Å². The third-order valence-electron chi connectivity index (χ3n) is 6.20. The number of nitrogens with one attached hydrogen (secondary N) is 1. The number of hydrogen-bond donors (Lipinski definition) is 1. The minimum atomic E-state index is -0.0244. The summed E-state index contributed by atoms with van der Waals surface area (Å²) in [6.45, 7) is 7.57. The van der Waals surface area contributed by atoms with E-state index in [1.165, 1.54) is 0 Å². The number of tetrazole rings is 1. The second kappa shape index (κ2) is 11.0. The van der Waals surface area contributed by atoms with Crippen molar-refractivity contribution in [2.45, 2.75) is 33.2 Å². The molecule has 0 saturated carbocycles. The number of anilines is 1. The summed E-state index contributed by atoms with van der Waals surface area (Å²) in [5.41, 5.74) is 4.02. The Labute approximate surface area is 199 Å². The number of aryl methyl sites for hydroxylation is 2. The molecule has 0 atom stereocenters.